The van der Waals surface area contributed by atoms with Crippen molar-refractivity contribution in [1.29, 1.82) is 0 Å². The number of aliphatic hydroxyl groups is 1. The van der Waals surface area contributed by atoms with Gasteiger partial charge in [-0.3, -0.25) is 14.5 Å². The van der Waals surface area contributed by atoms with Gasteiger partial charge in [0.05, 0.1) is 28.1 Å². The molecule has 1 aliphatic heterocycles. The molecular weight excluding hydrogens is 412 g/mol. The van der Waals surface area contributed by atoms with Crippen LogP contribution in [0.25, 0.3) is 10.2 Å². The lowest BCUT2D eigenvalue weighted by Crippen LogP contribution is -2.30. The number of aryl methyl sites for hydroxylation is 1. The molecule has 2 aromatic heterocycles. The molecule has 1 atom stereocenters. The van der Waals surface area contributed by atoms with Crippen LogP contribution in [0.15, 0.2) is 82.7 Å². The van der Waals surface area contributed by atoms with E-state index in [4.69, 9.17) is 4.42 Å². The van der Waals surface area contributed by atoms with Gasteiger partial charge in [0, 0.05) is 0 Å². The van der Waals surface area contributed by atoms with Gasteiger partial charge in [-0.1, -0.05) is 54.7 Å². The summed E-state index contributed by atoms with van der Waals surface area (Å²) in [5.74, 6) is -1.70. The summed E-state index contributed by atoms with van der Waals surface area (Å²) in [6.45, 7) is 2.08. The van der Waals surface area contributed by atoms with E-state index in [1.165, 1.54) is 34.1 Å². The van der Waals surface area contributed by atoms with Gasteiger partial charge in [-0.25, -0.2) is 4.98 Å². The molecule has 5 rings (SSSR count). The van der Waals surface area contributed by atoms with Gasteiger partial charge < -0.3 is 9.52 Å². The van der Waals surface area contributed by atoms with Gasteiger partial charge in [0.15, 0.2) is 16.7 Å². The minimum absolute atomic E-state index is 0.0142. The van der Waals surface area contributed by atoms with Gasteiger partial charge in [-0.15, -0.1) is 0 Å². The first-order chi connectivity index (χ1) is 15.1. The van der Waals surface area contributed by atoms with Crippen LogP contribution in [0.5, 0.6) is 0 Å². The van der Waals surface area contributed by atoms with Crippen LogP contribution in [0.4, 0.5) is 5.13 Å². The maximum Gasteiger partial charge on any atom is 0.296 e. The average Bonchev–Trinajstić information content (AvgIpc) is 3.52. The van der Waals surface area contributed by atoms with Crippen molar-refractivity contribution >= 4 is 38.4 Å². The molecule has 1 N–H and O–H groups in total. The lowest BCUT2D eigenvalue weighted by Gasteiger charge is -2.24. The number of ketones is 1. The number of hydrogen-bond donors (Lipinski definition) is 1. The van der Waals surface area contributed by atoms with Crippen LogP contribution in [0.1, 0.15) is 34.6 Å². The Bertz CT molecular complexity index is 1320. The first-order valence-electron chi connectivity index (χ1n) is 9.87. The molecule has 0 saturated carbocycles. The van der Waals surface area contributed by atoms with Crippen LogP contribution in [-0.2, 0) is 11.2 Å². The number of aliphatic hydroxyl groups excluding tert-OH is 1. The van der Waals surface area contributed by atoms with Crippen LogP contribution in [0.2, 0.25) is 0 Å². The number of rotatable bonds is 5. The number of carbonyl (C=O) groups excluding carboxylic acids is 2. The molecule has 4 aromatic rings. The van der Waals surface area contributed by atoms with E-state index in [-0.39, 0.29) is 11.3 Å². The van der Waals surface area contributed by atoms with Crippen molar-refractivity contribution in [2.45, 2.75) is 19.4 Å². The highest BCUT2D eigenvalue weighted by Crippen LogP contribution is 2.44. The maximum atomic E-state index is 13.2. The van der Waals surface area contributed by atoms with Crippen molar-refractivity contribution in [2.24, 2.45) is 0 Å². The summed E-state index contributed by atoms with van der Waals surface area (Å²) < 4.78 is 6.20. The van der Waals surface area contributed by atoms with E-state index in [0.29, 0.717) is 10.7 Å². The summed E-state index contributed by atoms with van der Waals surface area (Å²) in [5.41, 5.74) is 2.62. The first-order valence-corrected chi connectivity index (χ1v) is 10.7. The molecule has 3 heterocycles. The molecule has 0 aliphatic carbocycles. The van der Waals surface area contributed by atoms with Crippen molar-refractivity contribution in [3.8, 4) is 0 Å². The van der Waals surface area contributed by atoms with Crippen molar-refractivity contribution in [2.75, 3.05) is 4.90 Å². The van der Waals surface area contributed by atoms with Gasteiger partial charge >= 0.3 is 0 Å². The van der Waals surface area contributed by atoms with Crippen LogP contribution in [0.3, 0.4) is 0 Å². The summed E-state index contributed by atoms with van der Waals surface area (Å²) >= 11 is 1.36. The Kier molecular flexibility index (Phi) is 4.67. The Morgan fingerprint density at radius 1 is 1.16 bits per heavy atom. The molecule has 0 fully saturated rings. The summed E-state index contributed by atoms with van der Waals surface area (Å²) in [6.07, 6.45) is 2.28. The Labute approximate surface area is 182 Å². The number of fused-ring (bicyclic) bond motifs is 1. The lowest BCUT2D eigenvalue weighted by atomic mass is 9.95. The standard InChI is InChI=1S/C24H18N2O4S/c1-2-14-10-11-16-18(13-14)31-24(25-16)26-20(15-7-4-3-5-8-15)19(22(28)23(26)29)21(27)17-9-6-12-30-17/h3-13,20,28H,2H2,1H3/t20-/m1/s1. The smallest absolute Gasteiger partial charge is 0.296 e. The predicted octanol–water partition coefficient (Wildman–Crippen LogP) is 5.23. The number of aromatic nitrogens is 1. The highest BCUT2D eigenvalue weighted by molar-refractivity contribution is 7.22. The largest absolute Gasteiger partial charge is 0.503 e. The van der Waals surface area contributed by atoms with Crippen LogP contribution < -0.4 is 4.90 Å². The second kappa shape index (κ2) is 7.52. The normalized spacial score (nSPS) is 16.5. The number of thiazole rings is 1. The number of furan rings is 1. The predicted molar refractivity (Wildman–Crippen MR) is 118 cm³/mol. The molecule has 6 nitrogen and oxygen atoms in total. The van der Waals surface area contributed by atoms with E-state index in [2.05, 4.69) is 18.0 Å². The molecule has 0 saturated heterocycles. The fourth-order valence-corrected chi connectivity index (χ4v) is 4.86. The third kappa shape index (κ3) is 3.14. The highest BCUT2D eigenvalue weighted by atomic mass is 32.1. The van der Waals surface area contributed by atoms with E-state index in [1.54, 1.807) is 6.07 Å². The fourth-order valence-electron chi connectivity index (χ4n) is 3.81. The molecule has 0 spiro atoms. The molecule has 0 bridgehead atoms. The quantitative estimate of drug-likeness (QED) is 0.438. The number of nitrogens with zero attached hydrogens (tertiary/aromatic N) is 2. The third-order valence-electron chi connectivity index (χ3n) is 5.37. The van der Waals surface area contributed by atoms with Crippen LogP contribution in [0, 0.1) is 0 Å². The molecule has 2 aromatic carbocycles. The van der Waals surface area contributed by atoms with Crippen LogP contribution in [-0.4, -0.2) is 21.8 Å². The summed E-state index contributed by atoms with van der Waals surface area (Å²) in [6, 6.07) is 17.4. The lowest BCUT2D eigenvalue weighted by molar-refractivity contribution is -0.117. The minimum Gasteiger partial charge on any atom is -0.503 e. The first kappa shape index (κ1) is 19.3. The molecule has 0 unspecified atom stereocenters. The molecular formula is C24H18N2O4S. The molecule has 0 radical (unpaired) electrons. The Morgan fingerprint density at radius 3 is 2.68 bits per heavy atom. The van der Waals surface area contributed by atoms with Crippen molar-refractivity contribution in [1.82, 2.24) is 4.98 Å². The second-order valence-corrected chi connectivity index (χ2v) is 8.22. The van der Waals surface area contributed by atoms with Crippen LogP contribution >= 0.6 is 11.3 Å². The van der Waals surface area contributed by atoms with Crippen molar-refractivity contribution < 1.29 is 19.1 Å². The topological polar surface area (TPSA) is 83.6 Å². The highest BCUT2D eigenvalue weighted by Gasteiger charge is 2.46. The Hall–Kier alpha value is -3.71. The van der Waals surface area contributed by atoms with Crippen molar-refractivity contribution in [3.05, 3.63) is 95.1 Å². The molecule has 31 heavy (non-hydrogen) atoms. The van der Waals surface area contributed by atoms with Gasteiger partial charge in [-0.2, -0.15) is 0 Å². The summed E-state index contributed by atoms with van der Waals surface area (Å²) in [7, 11) is 0. The zero-order valence-corrected chi connectivity index (χ0v) is 17.4. The molecule has 1 amide bonds. The second-order valence-electron chi connectivity index (χ2n) is 7.21. The maximum absolute atomic E-state index is 13.2. The minimum atomic E-state index is -0.808. The number of benzene rings is 2. The molecule has 7 heteroatoms. The number of hydrogen-bond acceptors (Lipinski definition) is 6. The summed E-state index contributed by atoms with van der Waals surface area (Å²) in [5, 5.41) is 11.2. The summed E-state index contributed by atoms with van der Waals surface area (Å²) in [4.78, 5) is 32.4. The van der Waals surface area contributed by atoms with E-state index in [0.717, 1.165) is 16.6 Å². The van der Waals surface area contributed by atoms with Gasteiger partial charge in [0.2, 0.25) is 5.78 Å². The molecule has 1 aliphatic rings. The fraction of sp³-hybridized carbons (Fsp3) is 0.125. The molecule has 154 valence electrons. The van der Waals surface area contributed by atoms with Crippen molar-refractivity contribution in [3.63, 3.8) is 0 Å². The van der Waals surface area contributed by atoms with Gasteiger partial charge in [0.1, 0.15) is 0 Å². The van der Waals surface area contributed by atoms with Gasteiger partial charge in [0.25, 0.3) is 5.91 Å². The monoisotopic (exact) mass is 430 g/mol. The van der Waals surface area contributed by atoms with E-state index in [1.807, 2.05) is 42.5 Å². The van der Waals surface area contributed by atoms with Gasteiger partial charge in [-0.05, 0) is 41.8 Å². The van der Waals surface area contributed by atoms with E-state index < -0.39 is 23.5 Å². The Morgan fingerprint density at radius 2 is 1.97 bits per heavy atom. The number of carbonyl (C=O) groups is 2. The average molecular weight is 430 g/mol. The Balaban J connectivity index is 1.66. The number of Topliss-reactive ketones (excluding diaryl/α,β-unsaturated/α-hetero) is 1. The third-order valence-corrected chi connectivity index (χ3v) is 6.39. The number of anilines is 1. The SMILES string of the molecule is CCc1ccc2nc(N3C(=O)C(O)=C(C(=O)c4ccco4)[C@H]3c3ccccc3)sc2c1. The van der Waals surface area contributed by atoms with E-state index in [9.17, 15) is 14.7 Å². The zero-order chi connectivity index (χ0) is 21.5. The van der Waals surface area contributed by atoms with E-state index >= 15 is 0 Å². The number of amides is 1. The zero-order valence-electron chi connectivity index (χ0n) is 16.6.